The van der Waals surface area contributed by atoms with E-state index in [9.17, 15) is 8.42 Å². The quantitative estimate of drug-likeness (QED) is 0.461. The summed E-state index contributed by atoms with van der Waals surface area (Å²) in [6.07, 6.45) is 4.90. The van der Waals surface area contributed by atoms with Gasteiger partial charge in [0.1, 0.15) is 17.8 Å². The van der Waals surface area contributed by atoms with Gasteiger partial charge in [0.2, 0.25) is 10.0 Å². The molecule has 2 unspecified atom stereocenters. The Hall–Kier alpha value is -2.57. The largest absolute Gasteiger partial charge is 0.378 e. The van der Waals surface area contributed by atoms with E-state index in [2.05, 4.69) is 60.4 Å². The number of piperidine rings is 2. The van der Waals surface area contributed by atoms with Gasteiger partial charge in [0, 0.05) is 37.4 Å². The van der Waals surface area contributed by atoms with Crippen molar-refractivity contribution in [2.24, 2.45) is 5.14 Å². The summed E-state index contributed by atoms with van der Waals surface area (Å²) in [6.45, 7) is 5.79. The van der Waals surface area contributed by atoms with Crippen LogP contribution in [0.4, 0.5) is 5.82 Å². The summed E-state index contributed by atoms with van der Waals surface area (Å²) in [7, 11) is -3.57. The molecular weight excluding hydrogens is 490 g/mol. The first kappa shape index (κ1) is 24.7. The van der Waals surface area contributed by atoms with Crippen LogP contribution >= 0.6 is 0 Å². The number of H-pyrrole nitrogens is 1. The Morgan fingerprint density at radius 3 is 2.49 bits per heavy atom. The normalized spacial score (nSPS) is 24.5. The topological polar surface area (TPSA) is 129 Å². The van der Waals surface area contributed by atoms with Crippen molar-refractivity contribution in [3.05, 3.63) is 42.2 Å². The van der Waals surface area contributed by atoms with Crippen molar-refractivity contribution in [2.75, 3.05) is 50.8 Å². The minimum absolute atomic E-state index is 0.0377. The van der Waals surface area contributed by atoms with E-state index in [4.69, 9.17) is 9.88 Å². The van der Waals surface area contributed by atoms with Gasteiger partial charge in [0.15, 0.2) is 0 Å². The summed E-state index contributed by atoms with van der Waals surface area (Å²) >= 11 is 0. The van der Waals surface area contributed by atoms with Gasteiger partial charge in [-0.15, -0.1) is 0 Å². The van der Waals surface area contributed by atoms with Crippen molar-refractivity contribution in [1.82, 2.24) is 25.2 Å². The Morgan fingerprint density at radius 2 is 1.76 bits per heavy atom. The van der Waals surface area contributed by atoms with Gasteiger partial charge >= 0.3 is 0 Å². The molecule has 4 N–H and O–H groups in total. The minimum atomic E-state index is -3.57. The number of hydrogen-bond donors (Lipinski definition) is 3. The van der Waals surface area contributed by atoms with Gasteiger partial charge in [-0.1, -0.05) is 24.3 Å². The molecule has 1 aromatic carbocycles. The Labute approximate surface area is 217 Å². The molecule has 6 rings (SSSR count). The van der Waals surface area contributed by atoms with Crippen molar-refractivity contribution in [3.63, 3.8) is 0 Å². The van der Waals surface area contributed by atoms with Crippen LogP contribution in [0.2, 0.25) is 0 Å². The molecule has 2 aromatic heterocycles. The van der Waals surface area contributed by atoms with E-state index in [1.165, 1.54) is 0 Å². The summed E-state index contributed by atoms with van der Waals surface area (Å²) in [4.78, 5) is 17.2. The molecule has 0 aliphatic carbocycles. The van der Waals surface area contributed by atoms with Crippen molar-refractivity contribution >= 4 is 26.9 Å². The van der Waals surface area contributed by atoms with E-state index in [-0.39, 0.29) is 6.04 Å². The number of nitrogens with two attached hydrogens (primary N) is 1. The highest BCUT2D eigenvalue weighted by Gasteiger charge is 2.38. The van der Waals surface area contributed by atoms with Crippen LogP contribution in [0.3, 0.4) is 0 Å². The Kier molecular flexibility index (Phi) is 6.89. The number of nitrogens with one attached hydrogen (secondary N) is 2. The van der Waals surface area contributed by atoms with Gasteiger partial charge in [-0.2, -0.15) is 0 Å². The fourth-order valence-electron chi connectivity index (χ4n) is 6.15. The number of primary sulfonamides is 1. The van der Waals surface area contributed by atoms with E-state index >= 15 is 0 Å². The SMILES string of the molecule is NS(=O)(=O)C1CCN(C2CCNCC2)C(c2ccc(-c3cc4c(N5CCOCC5)ncnc4[nH]3)cc2)C1. The third-order valence-electron chi connectivity index (χ3n) is 8.16. The van der Waals surface area contributed by atoms with Crippen molar-refractivity contribution < 1.29 is 13.2 Å². The number of rotatable bonds is 5. The highest BCUT2D eigenvalue weighted by atomic mass is 32.2. The van der Waals surface area contributed by atoms with E-state index in [0.717, 1.165) is 79.2 Å². The van der Waals surface area contributed by atoms with Crippen LogP contribution in [-0.4, -0.2) is 85.5 Å². The molecule has 3 aliphatic heterocycles. The van der Waals surface area contributed by atoms with Gasteiger partial charge in [-0.25, -0.2) is 23.5 Å². The number of aromatic amines is 1. The molecule has 3 aliphatic rings. The fraction of sp³-hybridized carbons (Fsp3) is 0.538. The van der Waals surface area contributed by atoms with Crippen LogP contribution in [0.25, 0.3) is 22.3 Å². The van der Waals surface area contributed by atoms with Crippen LogP contribution in [-0.2, 0) is 14.8 Å². The number of ether oxygens (including phenoxy) is 1. The summed E-state index contributed by atoms with van der Waals surface area (Å²) in [5.41, 5.74) is 4.00. The van der Waals surface area contributed by atoms with Crippen molar-refractivity contribution in [1.29, 1.82) is 0 Å². The second-order valence-corrected chi connectivity index (χ2v) is 12.2. The number of sulfonamides is 1. The second-order valence-electron chi connectivity index (χ2n) is 10.3. The first-order valence-electron chi connectivity index (χ1n) is 13.2. The lowest BCUT2D eigenvalue weighted by Gasteiger charge is -2.45. The zero-order valence-corrected chi connectivity index (χ0v) is 21.8. The van der Waals surface area contributed by atoms with E-state index in [1.807, 2.05) is 0 Å². The average molecular weight is 526 g/mol. The molecule has 3 aromatic rings. The van der Waals surface area contributed by atoms with E-state index in [1.54, 1.807) is 6.33 Å². The lowest BCUT2D eigenvalue weighted by atomic mass is 9.90. The summed E-state index contributed by atoms with van der Waals surface area (Å²) in [5, 5.41) is 9.54. The number of anilines is 1. The molecular formula is C26H35N7O3S. The maximum absolute atomic E-state index is 12.2. The molecule has 3 fully saturated rings. The molecule has 0 radical (unpaired) electrons. The molecule has 2 atom stereocenters. The predicted molar refractivity (Wildman–Crippen MR) is 144 cm³/mol. The molecule has 5 heterocycles. The van der Waals surface area contributed by atoms with Gasteiger partial charge in [-0.3, -0.25) is 4.90 Å². The Balaban J connectivity index is 1.28. The minimum Gasteiger partial charge on any atom is -0.378 e. The monoisotopic (exact) mass is 525 g/mol. The number of aromatic nitrogens is 3. The number of nitrogens with zero attached hydrogens (tertiary/aromatic N) is 4. The molecule has 0 saturated carbocycles. The Bertz CT molecular complexity index is 1330. The first-order valence-corrected chi connectivity index (χ1v) is 14.8. The van der Waals surface area contributed by atoms with Gasteiger partial charge in [0.05, 0.1) is 23.8 Å². The smallest absolute Gasteiger partial charge is 0.212 e. The van der Waals surface area contributed by atoms with Gasteiger partial charge in [-0.05, 0) is 56.0 Å². The summed E-state index contributed by atoms with van der Waals surface area (Å²) in [5.74, 6) is 0.932. The zero-order chi connectivity index (χ0) is 25.4. The van der Waals surface area contributed by atoms with Crippen molar-refractivity contribution in [2.45, 2.75) is 43.0 Å². The highest BCUT2D eigenvalue weighted by Crippen LogP contribution is 2.37. The summed E-state index contributed by atoms with van der Waals surface area (Å²) < 4.78 is 30.0. The molecule has 0 amide bonds. The number of likely N-dealkylation sites (tertiary alicyclic amines) is 1. The van der Waals surface area contributed by atoms with E-state index < -0.39 is 15.3 Å². The Morgan fingerprint density at radius 1 is 1.00 bits per heavy atom. The zero-order valence-electron chi connectivity index (χ0n) is 21.0. The maximum atomic E-state index is 12.2. The lowest BCUT2D eigenvalue weighted by molar-refractivity contribution is 0.0772. The number of hydrogen-bond acceptors (Lipinski definition) is 8. The molecule has 3 saturated heterocycles. The molecule has 0 bridgehead atoms. The standard InChI is InChI=1S/C26H35N7O3S/c27-37(34,35)21-7-10-33(20-5-8-28-9-6-20)24(15-21)19-3-1-18(2-4-19)23-16-22-25(31-23)29-17-30-26(22)32-11-13-36-14-12-32/h1-4,16-17,20-21,24,28H,5-15H2,(H2,27,34,35)(H,29,30,31). The molecule has 10 nitrogen and oxygen atoms in total. The first-order chi connectivity index (χ1) is 18.0. The van der Waals surface area contributed by atoms with Crippen LogP contribution in [0, 0.1) is 0 Å². The number of fused-ring (bicyclic) bond motifs is 1. The third-order valence-corrected chi connectivity index (χ3v) is 9.52. The third kappa shape index (κ3) is 5.10. The number of morpholine rings is 1. The summed E-state index contributed by atoms with van der Waals surface area (Å²) in [6, 6.07) is 11.1. The molecule has 0 spiro atoms. The fourth-order valence-corrected chi connectivity index (χ4v) is 7.03. The van der Waals surface area contributed by atoms with Crippen LogP contribution in [0.15, 0.2) is 36.7 Å². The maximum Gasteiger partial charge on any atom is 0.212 e. The average Bonchev–Trinajstić information content (AvgIpc) is 3.38. The van der Waals surface area contributed by atoms with Crippen molar-refractivity contribution in [3.8, 4) is 11.3 Å². The van der Waals surface area contributed by atoms with Gasteiger partial charge in [0.25, 0.3) is 0 Å². The highest BCUT2D eigenvalue weighted by molar-refractivity contribution is 7.89. The molecule has 37 heavy (non-hydrogen) atoms. The van der Waals surface area contributed by atoms with Gasteiger partial charge < -0.3 is 19.9 Å². The van der Waals surface area contributed by atoms with E-state index in [0.29, 0.717) is 32.1 Å². The van der Waals surface area contributed by atoms with Crippen LogP contribution < -0.4 is 15.4 Å². The molecule has 198 valence electrons. The van der Waals surface area contributed by atoms with Crippen LogP contribution in [0.1, 0.15) is 37.3 Å². The number of benzene rings is 1. The molecule has 11 heteroatoms. The predicted octanol–water partition coefficient (Wildman–Crippen LogP) is 2.01. The lowest BCUT2D eigenvalue weighted by Crippen LogP contribution is -2.50. The van der Waals surface area contributed by atoms with Crippen LogP contribution in [0.5, 0.6) is 0 Å². The second kappa shape index (κ2) is 10.3.